The average molecular weight is 427 g/mol. The lowest BCUT2D eigenvalue weighted by atomic mass is 9.92. The van der Waals surface area contributed by atoms with Crippen molar-refractivity contribution in [1.82, 2.24) is 0 Å². The van der Waals surface area contributed by atoms with Crippen molar-refractivity contribution >= 4 is 50.6 Å². The number of hydrogen-bond acceptors (Lipinski definition) is 6. The lowest BCUT2D eigenvalue weighted by molar-refractivity contribution is -0.117. The third-order valence-corrected chi connectivity index (χ3v) is 5.79. The van der Waals surface area contributed by atoms with E-state index in [9.17, 15) is 14.3 Å². The molecule has 1 heterocycles. The van der Waals surface area contributed by atoms with E-state index in [4.69, 9.17) is 9.59 Å². The molecule has 0 spiro atoms. The molecule has 1 aromatic heterocycles. The Morgan fingerprint density at radius 2 is 2.04 bits per heavy atom. The van der Waals surface area contributed by atoms with Gasteiger partial charge in [-0.3, -0.25) is 4.79 Å². The van der Waals surface area contributed by atoms with Crippen LogP contribution in [0.1, 0.15) is 46.6 Å². The van der Waals surface area contributed by atoms with Gasteiger partial charge in [0.15, 0.2) is 0 Å². The van der Waals surface area contributed by atoms with Crippen LogP contribution < -0.4 is 5.32 Å². The van der Waals surface area contributed by atoms with Crippen LogP contribution in [-0.2, 0) is 8.98 Å². The minimum Gasteiger partial charge on any atom is -0.396 e. The van der Waals surface area contributed by atoms with Crippen LogP contribution in [-0.4, -0.2) is 30.4 Å². The van der Waals surface area contributed by atoms with Gasteiger partial charge in [0.05, 0.1) is 17.9 Å². The maximum absolute atomic E-state index is 14.4. The minimum atomic E-state index is -0.403. The molecule has 8 heteroatoms. The van der Waals surface area contributed by atoms with Gasteiger partial charge in [-0.2, -0.15) is 0 Å². The third-order valence-electron chi connectivity index (χ3n) is 3.90. The van der Waals surface area contributed by atoms with Gasteiger partial charge in [0.25, 0.3) is 0 Å². The fourth-order valence-electron chi connectivity index (χ4n) is 2.42. The van der Waals surface area contributed by atoms with E-state index in [0.29, 0.717) is 38.6 Å². The lowest BCUT2D eigenvalue weighted by Crippen LogP contribution is -2.22. The summed E-state index contributed by atoms with van der Waals surface area (Å²) in [5.74, 6) is -0.572. The van der Waals surface area contributed by atoms with Crippen LogP contribution in [0.5, 0.6) is 0 Å². The molecular formula is C20H27FN2O3S2. The summed E-state index contributed by atoms with van der Waals surface area (Å²) in [6, 6.07) is 2.96. The van der Waals surface area contributed by atoms with Crippen LogP contribution in [0.4, 0.5) is 9.39 Å². The molecule has 2 aromatic rings. The van der Waals surface area contributed by atoms with E-state index in [1.54, 1.807) is 6.07 Å². The molecule has 0 fully saturated rings. The first-order valence-electron chi connectivity index (χ1n) is 8.93. The van der Waals surface area contributed by atoms with Crippen molar-refractivity contribution < 1.29 is 18.5 Å². The summed E-state index contributed by atoms with van der Waals surface area (Å²) in [5, 5.41) is 21.0. The average Bonchev–Trinajstić information content (AvgIpc) is 2.94. The summed E-state index contributed by atoms with van der Waals surface area (Å²) >= 11 is 2.21. The standard InChI is InChI=1S/C20H27FN2O3S2/c1-19(2,3)8-15(25)23-18-12(9-22)16-14(7-6-13(21)17(16)27-18)28-26-11-20(4,5)10-24/h6-7,9,22,24H,8,10-11H2,1-5H3,(H,23,25). The largest absolute Gasteiger partial charge is 0.396 e. The summed E-state index contributed by atoms with van der Waals surface area (Å²) in [4.78, 5) is 13.0. The maximum Gasteiger partial charge on any atom is 0.225 e. The van der Waals surface area contributed by atoms with E-state index >= 15 is 0 Å². The van der Waals surface area contributed by atoms with Gasteiger partial charge < -0.3 is 20.0 Å². The van der Waals surface area contributed by atoms with Crippen LogP contribution in [0.3, 0.4) is 0 Å². The first-order chi connectivity index (χ1) is 13.0. The molecule has 0 radical (unpaired) electrons. The van der Waals surface area contributed by atoms with Gasteiger partial charge in [0.2, 0.25) is 5.91 Å². The molecule has 1 aromatic carbocycles. The summed E-state index contributed by atoms with van der Waals surface area (Å²) in [5.41, 5.74) is -0.100. The first kappa shape index (κ1) is 22.8. The second-order valence-electron chi connectivity index (χ2n) is 8.69. The fraction of sp³-hybridized carbons (Fsp3) is 0.500. The molecule has 5 nitrogen and oxygen atoms in total. The van der Waals surface area contributed by atoms with Crippen molar-refractivity contribution in [2.24, 2.45) is 10.8 Å². The monoisotopic (exact) mass is 426 g/mol. The molecule has 0 aliphatic carbocycles. The molecule has 3 N–H and O–H groups in total. The Bertz CT molecular complexity index is 872. The van der Waals surface area contributed by atoms with Gasteiger partial charge in [-0.1, -0.05) is 34.6 Å². The number of amides is 1. The summed E-state index contributed by atoms with van der Waals surface area (Å²) in [6.07, 6.45) is 1.45. The zero-order valence-corrected chi connectivity index (χ0v) is 18.4. The van der Waals surface area contributed by atoms with Gasteiger partial charge in [-0.25, -0.2) is 4.39 Å². The second-order valence-corrected chi connectivity index (χ2v) is 10.6. The molecule has 154 valence electrons. The highest BCUT2D eigenvalue weighted by atomic mass is 32.2. The fourth-order valence-corrected chi connectivity index (χ4v) is 4.53. The molecule has 0 aliphatic rings. The molecule has 28 heavy (non-hydrogen) atoms. The van der Waals surface area contributed by atoms with E-state index in [2.05, 4.69) is 5.32 Å². The Kier molecular flexibility index (Phi) is 7.25. The summed E-state index contributed by atoms with van der Waals surface area (Å²) in [7, 11) is 0. The number of rotatable bonds is 8. The Labute approximate surface area is 173 Å². The predicted octanol–water partition coefficient (Wildman–Crippen LogP) is 5.45. The van der Waals surface area contributed by atoms with Crippen LogP contribution in [0.2, 0.25) is 0 Å². The second kappa shape index (κ2) is 8.90. The smallest absolute Gasteiger partial charge is 0.225 e. The first-order valence-corrected chi connectivity index (χ1v) is 10.5. The van der Waals surface area contributed by atoms with Crippen LogP contribution in [0.25, 0.3) is 10.1 Å². The summed E-state index contributed by atoms with van der Waals surface area (Å²) < 4.78 is 20.4. The van der Waals surface area contributed by atoms with Crippen LogP contribution >= 0.6 is 23.4 Å². The number of aliphatic hydroxyl groups excluding tert-OH is 1. The van der Waals surface area contributed by atoms with E-state index < -0.39 is 11.2 Å². The van der Waals surface area contributed by atoms with Gasteiger partial charge in [0, 0.05) is 45.9 Å². The third kappa shape index (κ3) is 5.76. The van der Waals surface area contributed by atoms with E-state index in [1.165, 1.54) is 6.07 Å². The highest BCUT2D eigenvalue weighted by Crippen LogP contribution is 2.42. The number of anilines is 1. The number of hydrogen-bond donors (Lipinski definition) is 3. The molecule has 0 unspecified atom stereocenters. The van der Waals surface area contributed by atoms with Crippen molar-refractivity contribution in [2.75, 3.05) is 18.5 Å². The molecule has 0 saturated carbocycles. The quantitative estimate of drug-likeness (QED) is 0.387. The molecule has 0 atom stereocenters. The van der Waals surface area contributed by atoms with Crippen molar-refractivity contribution in [2.45, 2.75) is 45.9 Å². The van der Waals surface area contributed by atoms with Gasteiger partial charge in [-0.15, -0.1) is 11.3 Å². The number of nitrogens with one attached hydrogen (secondary N) is 2. The number of halogens is 1. The molecule has 2 rings (SSSR count). The predicted molar refractivity (Wildman–Crippen MR) is 115 cm³/mol. The number of carbonyl (C=O) groups is 1. The number of thiophene rings is 1. The Balaban J connectivity index is 2.35. The minimum absolute atomic E-state index is 0.0133. The van der Waals surface area contributed by atoms with E-state index in [0.717, 1.165) is 29.6 Å². The van der Waals surface area contributed by atoms with Gasteiger partial charge in [-0.05, 0) is 17.5 Å². The van der Waals surface area contributed by atoms with Crippen LogP contribution in [0.15, 0.2) is 17.0 Å². The molecule has 0 bridgehead atoms. The molecule has 0 aliphatic heterocycles. The Morgan fingerprint density at radius 3 is 2.61 bits per heavy atom. The number of fused-ring (bicyclic) bond motifs is 1. The normalized spacial score (nSPS) is 12.4. The van der Waals surface area contributed by atoms with Gasteiger partial charge >= 0.3 is 0 Å². The van der Waals surface area contributed by atoms with Crippen LogP contribution in [0, 0.1) is 22.1 Å². The number of benzene rings is 1. The Morgan fingerprint density at radius 1 is 1.36 bits per heavy atom. The molecule has 0 saturated heterocycles. The number of aliphatic hydroxyl groups is 1. The maximum atomic E-state index is 14.4. The zero-order valence-electron chi connectivity index (χ0n) is 16.8. The van der Waals surface area contributed by atoms with Crippen molar-refractivity contribution in [3.8, 4) is 0 Å². The Hall–Kier alpha value is -1.48. The highest BCUT2D eigenvalue weighted by Gasteiger charge is 2.22. The van der Waals surface area contributed by atoms with Crippen molar-refractivity contribution in [3.05, 3.63) is 23.5 Å². The van der Waals surface area contributed by atoms with E-state index in [1.807, 2.05) is 34.6 Å². The van der Waals surface area contributed by atoms with E-state index in [-0.39, 0.29) is 17.9 Å². The van der Waals surface area contributed by atoms with Crippen molar-refractivity contribution in [1.29, 1.82) is 5.41 Å². The molecule has 1 amide bonds. The lowest BCUT2D eigenvalue weighted by Gasteiger charge is -2.20. The summed E-state index contributed by atoms with van der Waals surface area (Å²) in [6.45, 7) is 9.96. The SMILES string of the molecule is CC(C)(C)CC(=O)Nc1sc2c(F)ccc(SOCC(C)(C)CO)c2c1C=N. The highest BCUT2D eigenvalue weighted by molar-refractivity contribution is 7.95. The van der Waals surface area contributed by atoms with Gasteiger partial charge in [0.1, 0.15) is 10.8 Å². The number of carbonyl (C=O) groups excluding carboxylic acids is 1. The van der Waals surface area contributed by atoms with Crippen molar-refractivity contribution in [3.63, 3.8) is 0 Å². The molecular weight excluding hydrogens is 399 g/mol. The topological polar surface area (TPSA) is 82.4 Å². The zero-order chi connectivity index (χ0) is 21.1.